The van der Waals surface area contributed by atoms with Crippen LogP contribution in [0.1, 0.15) is 20.8 Å². The highest BCUT2D eigenvalue weighted by Gasteiger charge is 2.32. The summed E-state index contributed by atoms with van der Waals surface area (Å²) < 4.78 is 0. The molecule has 2 aliphatic rings. The van der Waals surface area contributed by atoms with Gasteiger partial charge in [-0.3, -0.25) is 9.78 Å². The van der Waals surface area contributed by atoms with Gasteiger partial charge in [-0.2, -0.15) is 4.98 Å². The molecule has 5 rings (SSSR count). The second-order valence-electron chi connectivity index (χ2n) is 10.3. The number of piperazine rings is 2. The number of thiocarbonyl (C=S) groups is 1. The number of fused-ring (bicyclic) bond motifs is 1. The van der Waals surface area contributed by atoms with Crippen molar-refractivity contribution in [3.63, 3.8) is 0 Å². The zero-order chi connectivity index (χ0) is 27.9. The van der Waals surface area contributed by atoms with E-state index in [1.165, 1.54) is 0 Å². The summed E-state index contributed by atoms with van der Waals surface area (Å²) >= 11 is 5.93. The number of carboxylic acid groups (broad SMARTS) is 1. The van der Waals surface area contributed by atoms with Crippen LogP contribution in [0.4, 0.5) is 17.5 Å². The predicted octanol–water partition coefficient (Wildman–Crippen LogP) is 3.41. The van der Waals surface area contributed by atoms with Crippen molar-refractivity contribution in [1.82, 2.24) is 24.8 Å². The van der Waals surface area contributed by atoms with Crippen molar-refractivity contribution >= 4 is 51.7 Å². The van der Waals surface area contributed by atoms with E-state index >= 15 is 0 Å². The molecule has 11 heteroatoms. The first-order valence-electron chi connectivity index (χ1n) is 13.4. The third-order valence-corrected chi connectivity index (χ3v) is 7.41. The van der Waals surface area contributed by atoms with E-state index in [2.05, 4.69) is 67.9 Å². The van der Waals surface area contributed by atoms with Crippen molar-refractivity contribution in [3.05, 3.63) is 48.8 Å². The summed E-state index contributed by atoms with van der Waals surface area (Å²) in [6.45, 7) is 12.2. The topological polar surface area (TPSA) is 101 Å². The molecule has 208 valence electrons. The second kappa shape index (κ2) is 13.0. The summed E-state index contributed by atoms with van der Waals surface area (Å²) in [6, 6.07) is 12.5. The van der Waals surface area contributed by atoms with Crippen LogP contribution in [-0.2, 0) is 4.79 Å². The molecule has 4 heterocycles. The molecule has 2 aromatic heterocycles. The Hall–Kier alpha value is -3.57. The van der Waals surface area contributed by atoms with E-state index < -0.39 is 5.97 Å². The fraction of sp³-hybridized carbons (Fsp3) is 0.464. The van der Waals surface area contributed by atoms with E-state index in [-0.39, 0.29) is 6.04 Å². The molecule has 1 atom stereocenters. The van der Waals surface area contributed by atoms with Crippen LogP contribution >= 0.6 is 12.2 Å². The highest BCUT2D eigenvalue weighted by atomic mass is 32.1. The van der Waals surface area contributed by atoms with Gasteiger partial charge in [-0.15, -0.1) is 0 Å². The molecule has 1 aromatic carbocycles. The summed E-state index contributed by atoms with van der Waals surface area (Å²) in [4.78, 5) is 32.4. The van der Waals surface area contributed by atoms with Crippen molar-refractivity contribution in [2.45, 2.75) is 26.8 Å². The number of carboxylic acids is 1. The molecule has 0 saturated carbocycles. The highest BCUT2D eigenvalue weighted by molar-refractivity contribution is 7.80. The van der Waals surface area contributed by atoms with Crippen molar-refractivity contribution in [1.29, 1.82) is 0 Å². The van der Waals surface area contributed by atoms with Crippen LogP contribution in [-0.4, -0.2) is 99.8 Å². The number of hydrogen-bond acceptors (Lipinski definition) is 8. The SMILES string of the molecule is CC(=O)O.CC(C)C1CN(c2ccnc(N3CCN(C)CC3)n2)CCN1C(=S)Nc1cccc2ncccc12. The number of aromatic nitrogens is 3. The minimum absolute atomic E-state index is 0.277. The number of benzene rings is 1. The van der Waals surface area contributed by atoms with Crippen molar-refractivity contribution in [2.75, 3.05) is 68.0 Å². The number of hydrogen-bond donors (Lipinski definition) is 2. The van der Waals surface area contributed by atoms with Gasteiger partial charge in [0.1, 0.15) is 5.82 Å². The fourth-order valence-electron chi connectivity index (χ4n) is 4.91. The Morgan fingerprint density at radius 2 is 1.72 bits per heavy atom. The first-order chi connectivity index (χ1) is 18.7. The normalized spacial score (nSPS) is 18.1. The molecule has 0 bridgehead atoms. The number of rotatable bonds is 4. The number of nitrogens with zero attached hydrogens (tertiary/aromatic N) is 7. The minimum Gasteiger partial charge on any atom is -0.481 e. The summed E-state index contributed by atoms with van der Waals surface area (Å²) in [5.74, 6) is 1.43. The van der Waals surface area contributed by atoms with E-state index in [0.29, 0.717) is 5.92 Å². The molecule has 10 nitrogen and oxygen atoms in total. The molecule has 2 N–H and O–H groups in total. The molecule has 2 aliphatic heterocycles. The third kappa shape index (κ3) is 7.30. The van der Waals surface area contributed by atoms with Crippen LogP contribution in [0.3, 0.4) is 0 Å². The van der Waals surface area contributed by atoms with Gasteiger partial charge in [-0.05, 0) is 55.5 Å². The molecule has 0 spiro atoms. The Kier molecular flexibility index (Phi) is 9.47. The molecular formula is C28H38N8O2S. The first-order valence-corrected chi connectivity index (χ1v) is 13.8. The Bertz CT molecular complexity index is 1270. The largest absolute Gasteiger partial charge is 0.481 e. The summed E-state index contributed by atoms with van der Waals surface area (Å²) in [7, 11) is 2.16. The molecule has 2 saturated heterocycles. The molecular weight excluding hydrogens is 512 g/mol. The number of aliphatic carboxylic acids is 1. The number of nitrogens with one attached hydrogen (secondary N) is 1. The van der Waals surface area contributed by atoms with E-state index in [0.717, 1.165) is 86.2 Å². The van der Waals surface area contributed by atoms with E-state index in [9.17, 15) is 0 Å². The van der Waals surface area contributed by atoms with Crippen LogP contribution in [0.25, 0.3) is 10.9 Å². The van der Waals surface area contributed by atoms with Gasteiger partial charge in [-0.25, -0.2) is 4.98 Å². The maximum absolute atomic E-state index is 9.00. The lowest BCUT2D eigenvalue weighted by molar-refractivity contribution is -0.134. The van der Waals surface area contributed by atoms with Crippen molar-refractivity contribution in [3.8, 4) is 0 Å². The predicted molar refractivity (Wildman–Crippen MR) is 161 cm³/mol. The Labute approximate surface area is 235 Å². The third-order valence-electron chi connectivity index (χ3n) is 7.07. The van der Waals surface area contributed by atoms with Crippen LogP contribution in [0.2, 0.25) is 0 Å². The quantitative estimate of drug-likeness (QED) is 0.468. The maximum Gasteiger partial charge on any atom is 0.300 e. The molecule has 1 unspecified atom stereocenters. The van der Waals surface area contributed by atoms with Crippen LogP contribution in [0, 0.1) is 5.92 Å². The van der Waals surface area contributed by atoms with Gasteiger partial charge in [0.05, 0.1) is 11.6 Å². The zero-order valence-corrected chi connectivity index (χ0v) is 23.9. The molecule has 0 aliphatic carbocycles. The minimum atomic E-state index is -0.833. The van der Waals surface area contributed by atoms with Crippen LogP contribution < -0.4 is 15.1 Å². The standard InChI is InChI=1S/C26H34N8S.C2H4O2/c1-19(2)23-18-33(24-9-11-28-25(30-24)32-14-12-31(3)13-15-32)16-17-34(23)26(35)29-22-8-4-7-21-20(22)6-5-10-27-21;1-2(3)4/h4-11,19,23H,12-18H2,1-3H3,(H,29,35);1H3,(H,3,4). The van der Waals surface area contributed by atoms with E-state index in [1.54, 1.807) is 0 Å². The summed E-state index contributed by atoms with van der Waals surface area (Å²) in [5.41, 5.74) is 1.96. The first kappa shape index (κ1) is 28.4. The molecule has 2 fully saturated rings. The summed E-state index contributed by atoms with van der Waals surface area (Å²) in [5, 5.41) is 12.8. The van der Waals surface area contributed by atoms with Gasteiger partial charge in [-0.1, -0.05) is 19.9 Å². The van der Waals surface area contributed by atoms with Crippen LogP contribution in [0.5, 0.6) is 0 Å². The van der Waals surface area contributed by atoms with Crippen LogP contribution in [0.15, 0.2) is 48.8 Å². The molecule has 39 heavy (non-hydrogen) atoms. The van der Waals surface area contributed by atoms with Gasteiger partial charge < -0.3 is 30.0 Å². The van der Waals surface area contributed by atoms with Crippen molar-refractivity contribution in [2.24, 2.45) is 5.92 Å². The Morgan fingerprint density at radius 3 is 2.44 bits per heavy atom. The Morgan fingerprint density at radius 1 is 1.00 bits per heavy atom. The number of anilines is 3. The Balaban J connectivity index is 0.000000826. The van der Waals surface area contributed by atoms with Gasteiger partial charge in [0, 0.05) is 76.2 Å². The number of carbonyl (C=O) groups is 1. The average molecular weight is 551 g/mol. The number of pyridine rings is 1. The second-order valence-corrected chi connectivity index (χ2v) is 10.7. The molecule has 0 radical (unpaired) electrons. The van der Waals surface area contributed by atoms with Crippen molar-refractivity contribution < 1.29 is 9.90 Å². The smallest absolute Gasteiger partial charge is 0.300 e. The summed E-state index contributed by atoms with van der Waals surface area (Å²) in [6.07, 6.45) is 3.72. The lowest BCUT2D eigenvalue weighted by Gasteiger charge is -2.45. The number of likely N-dealkylation sites (N-methyl/N-ethyl adjacent to an activating group) is 1. The zero-order valence-electron chi connectivity index (χ0n) is 23.1. The maximum atomic E-state index is 9.00. The monoisotopic (exact) mass is 550 g/mol. The molecule has 0 amide bonds. The van der Waals surface area contributed by atoms with E-state index in [4.69, 9.17) is 27.1 Å². The fourth-order valence-corrected chi connectivity index (χ4v) is 5.25. The van der Waals surface area contributed by atoms with Gasteiger partial charge in [0.2, 0.25) is 5.95 Å². The van der Waals surface area contributed by atoms with Gasteiger partial charge >= 0.3 is 0 Å². The van der Waals surface area contributed by atoms with Gasteiger partial charge in [0.15, 0.2) is 5.11 Å². The lowest BCUT2D eigenvalue weighted by Crippen LogP contribution is -2.58. The van der Waals surface area contributed by atoms with E-state index in [1.807, 2.05) is 36.7 Å². The lowest BCUT2D eigenvalue weighted by atomic mass is 10.00. The van der Waals surface area contributed by atoms with Gasteiger partial charge in [0.25, 0.3) is 5.97 Å². The highest BCUT2D eigenvalue weighted by Crippen LogP contribution is 2.26. The molecule has 3 aromatic rings. The average Bonchev–Trinajstić information content (AvgIpc) is 2.93.